The van der Waals surface area contributed by atoms with Crippen LogP contribution in [-0.2, 0) is 0 Å². The Hall–Kier alpha value is -3.53. The van der Waals surface area contributed by atoms with Gasteiger partial charge in [-0.3, -0.25) is 4.79 Å². The third-order valence-electron chi connectivity index (χ3n) is 4.78. The summed E-state index contributed by atoms with van der Waals surface area (Å²) in [6, 6.07) is 22.5. The Kier molecular flexibility index (Phi) is 4.85. The van der Waals surface area contributed by atoms with Gasteiger partial charge in [0.05, 0.1) is 19.8 Å². The molecule has 28 heavy (non-hydrogen) atoms. The lowest BCUT2D eigenvalue weighted by Crippen LogP contribution is -2.23. The molecule has 1 atom stereocenters. The Labute approximate surface area is 164 Å². The summed E-state index contributed by atoms with van der Waals surface area (Å²) in [5, 5.41) is 0. The van der Waals surface area contributed by atoms with E-state index in [4.69, 9.17) is 14.2 Å². The molecule has 0 fully saturated rings. The molecule has 0 bridgehead atoms. The van der Waals surface area contributed by atoms with Gasteiger partial charge in [-0.05, 0) is 53.6 Å². The van der Waals surface area contributed by atoms with Crippen LogP contribution in [0.2, 0.25) is 0 Å². The van der Waals surface area contributed by atoms with Crippen molar-refractivity contribution in [2.45, 2.75) is 6.10 Å². The van der Waals surface area contributed by atoms with Gasteiger partial charge >= 0.3 is 0 Å². The van der Waals surface area contributed by atoms with Crippen LogP contribution in [0.1, 0.15) is 27.6 Å². The Bertz CT molecular complexity index is 1020. The predicted octanol–water partition coefficient (Wildman–Crippen LogP) is 5.10. The van der Waals surface area contributed by atoms with E-state index in [1.54, 1.807) is 20.3 Å². The highest BCUT2D eigenvalue weighted by atomic mass is 16.5. The molecule has 4 nitrogen and oxygen atoms in total. The van der Waals surface area contributed by atoms with E-state index in [2.05, 4.69) is 0 Å². The van der Waals surface area contributed by atoms with Crippen LogP contribution >= 0.6 is 0 Å². The highest BCUT2D eigenvalue weighted by Crippen LogP contribution is 2.39. The van der Waals surface area contributed by atoms with Gasteiger partial charge in [-0.25, -0.2) is 0 Å². The number of ether oxygens (including phenoxy) is 3. The number of rotatable bonds is 4. The van der Waals surface area contributed by atoms with E-state index >= 15 is 0 Å². The highest BCUT2D eigenvalue weighted by molar-refractivity contribution is 6.14. The van der Waals surface area contributed by atoms with E-state index in [0.29, 0.717) is 16.9 Å². The minimum Gasteiger partial charge on any atom is -0.497 e. The van der Waals surface area contributed by atoms with Crippen LogP contribution < -0.4 is 14.2 Å². The van der Waals surface area contributed by atoms with Crippen molar-refractivity contribution in [1.29, 1.82) is 0 Å². The zero-order valence-corrected chi connectivity index (χ0v) is 15.7. The SMILES string of the molecule is COc1ccc(/C=C2\C(=O)c3ccccc3OC2c2ccc(OC)cc2)cc1. The summed E-state index contributed by atoms with van der Waals surface area (Å²) in [6.07, 6.45) is 1.39. The average molecular weight is 372 g/mol. The van der Waals surface area contributed by atoms with Gasteiger partial charge in [-0.15, -0.1) is 0 Å². The molecule has 0 radical (unpaired) electrons. The predicted molar refractivity (Wildman–Crippen MR) is 108 cm³/mol. The van der Waals surface area contributed by atoms with Crippen molar-refractivity contribution in [3.8, 4) is 17.2 Å². The molecule has 4 heteroatoms. The first-order valence-electron chi connectivity index (χ1n) is 8.99. The molecule has 3 aromatic rings. The second kappa shape index (κ2) is 7.61. The molecule has 0 saturated heterocycles. The van der Waals surface area contributed by atoms with E-state index in [1.165, 1.54) is 0 Å². The largest absolute Gasteiger partial charge is 0.497 e. The van der Waals surface area contributed by atoms with Crippen molar-refractivity contribution in [3.05, 3.63) is 95.1 Å². The minimum atomic E-state index is -0.490. The molecule has 140 valence electrons. The fourth-order valence-corrected chi connectivity index (χ4v) is 3.27. The number of Topliss-reactive ketones (excluding diaryl/α,β-unsaturated/α-hetero) is 1. The molecule has 1 aliphatic rings. The summed E-state index contributed by atoms with van der Waals surface area (Å²) in [7, 11) is 3.25. The lowest BCUT2D eigenvalue weighted by atomic mass is 9.89. The van der Waals surface area contributed by atoms with Gasteiger partial charge in [0, 0.05) is 5.57 Å². The summed E-state index contributed by atoms with van der Waals surface area (Å²) in [4.78, 5) is 13.3. The molecule has 3 aromatic carbocycles. The topological polar surface area (TPSA) is 44.8 Å². The monoisotopic (exact) mass is 372 g/mol. The van der Waals surface area contributed by atoms with Crippen molar-refractivity contribution in [3.63, 3.8) is 0 Å². The Morgan fingerprint density at radius 3 is 2.07 bits per heavy atom. The molecular weight excluding hydrogens is 352 g/mol. The molecule has 0 spiro atoms. The summed E-state index contributed by atoms with van der Waals surface area (Å²) >= 11 is 0. The maximum Gasteiger partial charge on any atom is 0.196 e. The molecule has 0 amide bonds. The quantitative estimate of drug-likeness (QED) is 0.598. The number of methoxy groups -OCH3 is 2. The van der Waals surface area contributed by atoms with Gasteiger partial charge < -0.3 is 14.2 Å². The van der Waals surface area contributed by atoms with Crippen LogP contribution in [0.3, 0.4) is 0 Å². The van der Waals surface area contributed by atoms with Crippen molar-refractivity contribution >= 4 is 11.9 Å². The minimum absolute atomic E-state index is 0.0292. The third kappa shape index (κ3) is 3.37. The van der Waals surface area contributed by atoms with Crippen LogP contribution in [0.15, 0.2) is 78.4 Å². The van der Waals surface area contributed by atoms with Crippen molar-refractivity contribution in [2.24, 2.45) is 0 Å². The summed E-state index contributed by atoms with van der Waals surface area (Å²) in [5.41, 5.74) is 2.97. The molecule has 1 unspecified atom stereocenters. The molecule has 1 heterocycles. The van der Waals surface area contributed by atoms with E-state index in [-0.39, 0.29) is 5.78 Å². The molecule has 0 aromatic heterocycles. The normalized spacial score (nSPS) is 17.0. The zero-order valence-electron chi connectivity index (χ0n) is 15.7. The third-order valence-corrected chi connectivity index (χ3v) is 4.78. The van der Waals surface area contributed by atoms with Crippen LogP contribution in [0.25, 0.3) is 6.08 Å². The number of fused-ring (bicyclic) bond motifs is 1. The number of hydrogen-bond donors (Lipinski definition) is 0. The maximum atomic E-state index is 13.3. The molecule has 0 aliphatic carbocycles. The van der Waals surface area contributed by atoms with Gasteiger partial charge in [0.2, 0.25) is 0 Å². The number of para-hydroxylation sites is 1. The van der Waals surface area contributed by atoms with Crippen molar-refractivity contribution < 1.29 is 19.0 Å². The Balaban J connectivity index is 1.80. The van der Waals surface area contributed by atoms with Crippen molar-refractivity contribution in [2.75, 3.05) is 14.2 Å². The smallest absolute Gasteiger partial charge is 0.196 e. The van der Waals surface area contributed by atoms with Gasteiger partial charge in [-0.1, -0.05) is 36.4 Å². The van der Waals surface area contributed by atoms with E-state index < -0.39 is 6.10 Å². The zero-order chi connectivity index (χ0) is 19.5. The summed E-state index contributed by atoms with van der Waals surface area (Å²) in [5.74, 6) is 2.09. The fourth-order valence-electron chi connectivity index (χ4n) is 3.27. The molecule has 0 N–H and O–H groups in total. The van der Waals surface area contributed by atoms with E-state index in [0.717, 1.165) is 22.6 Å². The molecule has 0 saturated carbocycles. The Morgan fingerprint density at radius 2 is 1.43 bits per heavy atom. The standard InChI is InChI=1S/C24H20O4/c1-26-18-11-7-16(8-12-18)15-21-23(25)20-5-3-4-6-22(20)28-24(21)17-9-13-19(27-2)14-10-17/h3-15,24H,1-2H3/b21-15+. The van der Waals surface area contributed by atoms with Crippen molar-refractivity contribution in [1.82, 2.24) is 0 Å². The van der Waals surface area contributed by atoms with Gasteiger partial charge in [0.1, 0.15) is 17.2 Å². The first-order chi connectivity index (χ1) is 13.7. The van der Waals surface area contributed by atoms with Crippen LogP contribution in [0, 0.1) is 0 Å². The molecule has 4 rings (SSSR count). The summed E-state index contributed by atoms with van der Waals surface area (Å²) < 4.78 is 16.7. The second-order valence-electron chi connectivity index (χ2n) is 6.47. The Morgan fingerprint density at radius 1 is 0.821 bits per heavy atom. The lowest BCUT2D eigenvalue weighted by molar-refractivity contribution is 0.0963. The maximum absolute atomic E-state index is 13.3. The first kappa shape index (κ1) is 17.9. The number of ketones is 1. The fraction of sp³-hybridized carbons (Fsp3) is 0.125. The first-order valence-corrected chi connectivity index (χ1v) is 8.99. The number of benzene rings is 3. The van der Waals surface area contributed by atoms with Gasteiger partial charge in [0.15, 0.2) is 11.9 Å². The number of carbonyl (C=O) groups excluding carboxylic acids is 1. The second-order valence-corrected chi connectivity index (χ2v) is 6.47. The number of hydrogen-bond acceptors (Lipinski definition) is 4. The van der Waals surface area contributed by atoms with Crippen LogP contribution in [-0.4, -0.2) is 20.0 Å². The van der Waals surface area contributed by atoms with Crippen LogP contribution in [0.4, 0.5) is 0 Å². The lowest BCUT2D eigenvalue weighted by Gasteiger charge is -2.28. The average Bonchev–Trinajstić information content (AvgIpc) is 2.76. The molecular formula is C24H20O4. The summed E-state index contributed by atoms with van der Waals surface area (Å²) in [6.45, 7) is 0. The number of carbonyl (C=O) groups is 1. The van der Waals surface area contributed by atoms with Gasteiger partial charge in [0.25, 0.3) is 0 Å². The van der Waals surface area contributed by atoms with E-state index in [9.17, 15) is 4.79 Å². The van der Waals surface area contributed by atoms with Crippen LogP contribution in [0.5, 0.6) is 17.2 Å². The van der Waals surface area contributed by atoms with E-state index in [1.807, 2.05) is 72.8 Å². The van der Waals surface area contributed by atoms with Gasteiger partial charge in [-0.2, -0.15) is 0 Å². The highest BCUT2D eigenvalue weighted by Gasteiger charge is 2.32. The molecule has 1 aliphatic heterocycles.